The number of aromatic nitrogens is 4. The zero-order valence-corrected chi connectivity index (χ0v) is 19.3. The van der Waals surface area contributed by atoms with E-state index >= 15 is 0 Å². The van der Waals surface area contributed by atoms with Gasteiger partial charge in [-0.05, 0) is 43.3 Å². The van der Waals surface area contributed by atoms with Crippen molar-refractivity contribution in [3.8, 4) is 11.6 Å². The average Bonchev–Trinajstić information content (AvgIpc) is 3.58. The van der Waals surface area contributed by atoms with Crippen molar-refractivity contribution in [3.05, 3.63) is 82.6 Å². The molecule has 3 aromatic heterocycles. The van der Waals surface area contributed by atoms with Crippen molar-refractivity contribution in [2.75, 3.05) is 24.5 Å². The van der Waals surface area contributed by atoms with E-state index < -0.39 is 4.92 Å². The molecule has 1 fully saturated rings. The average molecular weight is 483 g/mol. The lowest BCUT2D eigenvalue weighted by Gasteiger charge is -2.40. The third-order valence-electron chi connectivity index (χ3n) is 6.47. The number of nitrogens with zero attached hydrogens (tertiary/aromatic N) is 7. The van der Waals surface area contributed by atoms with E-state index in [-0.39, 0.29) is 17.6 Å². The highest BCUT2D eigenvalue weighted by atomic mass is 16.6. The Hall–Kier alpha value is -4.80. The normalized spacial score (nSPS) is 16.1. The second kappa shape index (κ2) is 8.45. The lowest BCUT2D eigenvalue weighted by molar-refractivity contribution is -0.384. The minimum absolute atomic E-state index is 0.0443. The second-order valence-corrected chi connectivity index (χ2v) is 8.69. The van der Waals surface area contributed by atoms with Crippen molar-refractivity contribution in [1.29, 1.82) is 0 Å². The maximum Gasteiger partial charge on any atom is 0.269 e. The zero-order chi connectivity index (χ0) is 24.8. The molecule has 180 valence electrons. The minimum Gasteiger partial charge on any atom is -0.461 e. The van der Waals surface area contributed by atoms with Crippen molar-refractivity contribution in [3.63, 3.8) is 0 Å². The van der Waals surface area contributed by atoms with Crippen LogP contribution in [0.2, 0.25) is 0 Å². The highest BCUT2D eigenvalue weighted by molar-refractivity contribution is 5.95. The number of hydrogen-bond acceptors (Lipinski definition) is 8. The monoisotopic (exact) mass is 483 g/mol. The summed E-state index contributed by atoms with van der Waals surface area (Å²) in [4.78, 5) is 32.5. The predicted molar refractivity (Wildman–Crippen MR) is 132 cm³/mol. The summed E-state index contributed by atoms with van der Waals surface area (Å²) in [6, 6.07) is 17.0. The van der Waals surface area contributed by atoms with Crippen LogP contribution in [0.3, 0.4) is 0 Å². The van der Waals surface area contributed by atoms with Crippen LogP contribution in [0.15, 0.2) is 71.3 Å². The molecule has 0 aliphatic carbocycles. The van der Waals surface area contributed by atoms with Crippen molar-refractivity contribution in [2.45, 2.75) is 13.0 Å². The van der Waals surface area contributed by atoms with Crippen molar-refractivity contribution >= 4 is 34.1 Å². The second-order valence-electron chi connectivity index (χ2n) is 8.69. The summed E-state index contributed by atoms with van der Waals surface area (Å²) >= 11 is 0. The van der Waals surface area contributed by atoms with Crippen LogP contribution in [0, 0.1) is 10.1 Å². The first-order valence-electron chi connectivity index (χ1n) is 11.5. The number of carbonyl (C=O) groups is 1. The van der Waals surface area contributed by atoms with Gasteiger partial charge in [-0.3, -0.25) is 14.9 Å². The molecule has 11 nitrogen and oxygen atoms in total. The fourth-order valence-electron chi connectivity index (χ4n) is 4.68. The van der Waals surface area contributed by atoms with Crippen LogP contribution in [0.25, 0.3) is 28.1 Å². The van der Waals surface area contributed by atoms with Gasteiger partial charge in [-0.15, -0.1) is 10.2 Å². The lowest BCUT2D eigenvalue weighted by atomic mass is 10.1. The molecule has 0 spiro atoms. The highest BCUT2D eigenvalue weighted by Crippen LogP contribution is 2.30. The van der Waals surface area contributed by atoms with Crippen LogP contribution in [-0.4, -0.2) is 61.0 Å². The van der Waals surface area contributed by atoms with E-state index in [1.54, 1.807) is 17.2 Å². The maximum atomic E-state index is 13.2. The number of hydrogen-bond donors (Lipinski definition) is 0. The standard InChI is InChI=1S/C25H21N7O4/c1-16-15-29(12-13-30(16)24(33)17-8-10-18(11-9-17)32(34)35)25-26-20-6-3-2-5-19(20)22-27-28-23(31(22)25)21-7-4-14-36-21/h2-11,14,16H,12-13,15H2,1H3. The summed E-state index contributed by atoms with van der Waals surface area (Å²) in [5, 5.41) is 20.7. The first-order chi connectivity index (χ1) is 17.5. The summed E-state index contributed by atoms with van der Waals surface area (Å²) in [7, 11) is 0. The van der Waals surface area contributed by atoms with E-state index in [1.165, 1.54) is 24.3 Å². The third-order valence-corrected chi connectivity index (χ3v) is 6.47. The minimum atomic E-state index is -0.477. The molecule has 1 saturated heterocycles. The van der Waals surface area contributed by atoms with Gasteiger partial charge in [0.05, 0.1) is 16.7 Å². The molecule has 36 heavy (non-hydrogen) atoms. The summed E-state index contributed by atoms with van der Waals surface area (Å²) < 4.78 is 7.52. The van der Waals surface area contributed by atoms with Crippen LogP contribution >= 0.6 is 0 Å². The number of fused-ring (bicyclic) bond motifs is 3. The quantitative estimate of drug-likeness (QED) is 0.279. The maximum absolute atomic E-state index is 13.2. The Morgan fingerprint density at radius 3 is 2.58 bits per heavy atom. The Bertz CT molecular complexity index is 1590. The number of nitro groups is 1. The van der Waals surface area contributed by atoms with E-state index in [4.69, 9.17) is 9.40 Å². The van der Waals surface area contributed by atoms with Gasteiger partial charge < -0.3 is 14.2 Å². The number of rotatable bonds is 4. The fourth-order valence-corrected chi connectivity index (χ4v) is 4.68. The number of anilines is 1. The van der Waals surface area contributed by atoms with Crippen molar-refractivity contribution in [1.82, 2.24) is 24.5 Å². The van der Waals surface area contributed by atoms with E-state index in [9.17, 15) is 14.9 Å². The molecule has 2 aromatic carbocycles. The highest BCUT2D eigenvalue weighted by Gasteiger charge is 2.31. The molecule has 1 aliphatic heterocycles. The van der Waals surface area contributed by atoms with E-state index in [2.05, 4.69) is 15.1 Å². The van der Waals surface area contributed by atoms with Crippen molar-refractivity contribution < 1.29 is 14.1 Å². The summed E-state index contributed by atoms with van der Waals surface area (Å²) in [5.74, 6) is 1.66. The molecular formula is C25H21N7O4. The first kappa shape index (κ1) is 21.7. The molecule has 1 unspecified atom stereocenters. The molecule has 0 radical (unpaired) electrons. The molecule has 6 rings (SSSR count). The molecular weight excluding hydrogens is 462 g/mol. The SMILES string of the molecule is CC1CN(c2nc3ccccc3c3nnc(-c4ccco4)n23)CCN1C(=O)c1ccc([N+](=O)[O-])cc1. The Balaban J connectivity index is 1.35. The van der Waals surface area contributed by atoms with Crippen LogP contribution in [0.1, 0.15) is 17.3 Å². The number of carbonyl (C=O) groups excluding carboxylic acids is 1. The van der Waals surface area contributed by atoms with Crippen LogP contribution < -0.4 is 4.90 Å². The van der Waals surface area contributed by atoms with Gasteiger partial charge in [0, 0.05) is 48.8 Å². The Morgan fingerprint density at radius 1 is 1.06 bits per heavy atom. The smallest absolute Gasteiger partial charge is 0.269 e. The van der Waals surface area contributed by atoms with Gasteiger partial charge in [-0.25, -0.2) is 9.38 Å². The van der Waals surface area contributed by atoms with Gasteiger partial charge in [-0.2, -0.15) is 0 Å². The topological polar surface area (TPSA) is 123 Å². The Morgan fingerprint density at radius 2 is 1.86 bits per heavy atom. The summed E-state index contributed by atoms with van der Waals surface area (Å²) in [6.07, 6.45) is 1.59. The summed E-state index contributed by atoms with van der Waals surface area (Å²) in [6.45, 7) is 3.52. The number of nitro benzene ring substituents is 1. The predicted octanol–water partition coefficient (Wildman–Crippen LogP) is 3.80. The van der Waals surface area contributed by atoms with Crippen LogP contribution in [0.4, 0.5) is 11.6 Å². The number of amides is 1. The molecule has 1 atom stereocenters. The first-order valence-corrected chi connectivity index (χ1v) is 11.5. The van der Waals surface area contributed by atoms with E-state index in [0.717, 1.165) is 10.9 Å². The van der Waals surface area contributed by atoms with E-state index in [1.807, 2.05) is 41.7 Å². The molecule has 0 saturated carbocycles. The number of para-hydroxylation sites is 1. The van der Waals surface area contributed by atoms with Gasteiger partial charge in [0.15, 0.2) is 11.4 Å². The molecule has 1 aliphatic rings. The van der Waals surface area contributed by atoms with Gasteiger partial charge in [0.25, 0.3) is 11.6 Å². The Labute approximate surface area is 204 Å². The molecule has 4 heterocycles. The molecule has 5 aromatic rings. The molecule has 0 N–H and O–H groups in total. The largest absolute Gasteiger partial charge is 0.461 e. The zero-order valence-electron chi connectivity index (χ0n) is 19.3. The van der Waals surface area contributed by atoms with Gasteiger partial charge >= 0.3 is 0 Å². The Kier molecular flexibility index (Phi) is 5.10. The van der Waals surface area contributed by atoms with E-state index in [0.29, 0.717) is 48.4 Å². The van der Waals surface area contributed by atoms with Gasteiger partial charge in [0.2, 0.25) is 11.8 Å². The van der Waals surface area contributed by atoms with Crippen LogP contribution in [0.5, 0.6) is 0 Å². The number of non-ortho nitro benzene ring substituents is 1. The molecule has 1 amide bonds. The van der Waals surface area contributed by atoms with Crippen LogP contribution in [-0.2, 0) is 0 Å². The third kappa shape index (κ3) is 3.52. The summed E-state index contributed by atoms with van der Waals surface area (Å²) in [5.41, 5.74) is 1.86. The van der Waals surface area contributed by atoms with Crippen molar-refractivity contribution in [2.24, 2.45) is 0 Å². The number of benzene rings is 2. The van der Waals surface area contributed by atoms with Gasteiger partial charge in [-0.1, -0.05) is 12.1 Å². The van der Waals surface area contributed by atoms with Gasteiger partial charge in [0.1, 0.15) is 0 Å². The lowest BCUT2D eigenvalue weighted by Crippen LogP contribution is -2.54. The fraction of sp³-hybridized carbons (Fsp3) is 0.200. The number of furan rings is 1. The molecule has 11 heteroatoms. The molecule has 0 bridgehead atoms. The number of piperazine rings is 1.